The number of hydrogen-bond acceptors (Lipinski definition) is 2. The molecule has 0 saturated carbocycles. The van der Waals surface area contributed by atoms with Crippen molar-refractivity contribution in [2.24, 2.45) is 22.6 Å². The van der Waals surface area contributed by atoms with Crippen molar-refractivity contribution in [3.05, 3.63) is 12.4 Å². The van der Waals surface area contributed by atoms with E-state index < -0.39 is 0 Å². The first kappa shape index (κ1) is 10.2. The van der Waals surface area contributed by atoms with Crippen LogP contribution in [0.4, 0.5) is 0 Å². The molecule has 0 saturated heterocycles. The molecule has 0 aromatic carbocycles. The predicted molar refractivity (Wildman–Crippen MR) is 50.4 cm³/mol. The number of nitrogens with zero attached hydrogens (tertiary/aromatic N) is 1. The Morgan fingerprint density at radius 1 is 1.45 bits per heavy atom. The molecule has 0 fully saturated rings. The summed E-state index contributed by atoms with van der Waals surface area (Å²) in [5.41, 5.74) is 5.14. The van der Waals surface area contributed by atoms with Gasteiger partial charge in [0.15, 0.2) is 0 Å². The van der Waals surface area contributed by atoms with Gasteiger partial charge in [0.25, 0.3) is 0 Å². The lowest BCUT2D eigenvalue weighted by atomic mass is 9.95. The summed E-state index contributed by atoms with van der Waals surface area (Å²) in [7, 11) is 0. The van der Waals surface area contributed by atoms with Gasteiger partial charge in [-0.25, -0.2) is 0 Å². The zero-order chi connectivity index (χ0) is 8.69. The predicted octanol–water partition coefficient (Wildman–Crippen LogP) is 2.17. The first-order valence-electron chi connectivity index (χ1n) is 4.12. The van der Waals surface area contributed by atoms with E-state index in [9.17, 15) is 0 Å². The number of aliphatic imine (C=N–C) groups is 1. The third-order valence-corrected chi connectivity index (χ3v) is 1.78. The Balaban J connectivity index is 3.86. The van der Waals surface area contributed by atoms with E-state index in [-0.39, 0.29) is 0 Å². The zero-order valence-corrected chi connectivity index (χ0v) is 7.62. The van der Waals surface area contributed by atoms with E-state index in [0.717, 1.165) is 6.42 Å². The minimum Gasteiger partial charge on any atom is -0.403 e. The van der Waals surface area contributed by atoms with E-state index in [0.29, 0.717) is 11.8 Å². The maximum atomic E-state index is 5.14. The monoisotopic (exact) mass is 154 g/mol. The molecule has 1 atom stereocenters. The fraction of sp³-hybridized carbons (Fsp3) is 0.667. The van der Waals surface area contributed by atoms with Crippen LogP contribution >= 0.6 is 0 Å². The number of hydrogen-bond donors (Lipinski definition) is 1. The molecule has 0 aliphatic rings. The van der Waals surface area contributed by atoms with Crippen LogP contribution in [0, 0.1) is 11.8 Å². The van der Waals surface area contributed by atoms with E-state index in [1.165, 1.54) is 6.20 Å². The summed E-state index contributed by atoms with van der Waals surface area (Å²) in [4.78, 5) is 4.05. The third kappa shape index (κ3) is 4.59. The van der Waals surface area contributed by atoms with E-state index in [1.54, 1.807) is 6.20 Å². The first-order valence-corrected chi connectivity index (χ1v) is 4.12. The normalized spacial score (nSPS) is 15.3. The average molecular weight is 154 g/mol. The molecule has 0 spiro atoms. The van der Waals surface area contributed by atoms with Gasteiger partial charge in [0, 0.05) is 18.6 Å². The van der Waals surface area contributed by atoms with Crippen molar-refractivity contribution in [2.75, 3.05) is 0 Å². The highest BCUT2D eigenvalue weighted by Crippen LogP contribution is 2.11. The van der Waals surface area contributed by atoms with Crippen LogP contribution in [0.15, 0.2) is 17.4 Å². The largest absolute Gasteiger partial charge is 0.403 e. The van der Waals surface area contributed by atoms with E-state index in [4.69, 9.17) is 5.73 Å². The second kappa shape index (κ2) is 5.96. The van der Waals surface area contributed by atoms with Gasteiger partial charge in [-0.1, -0.05) is 20.8 Å². The van der Waals surface area contributed by atoms with Gasteiger partial charge in [-0.3, -0.25) is 4.99 Å². The summed E-state index contributed by atoms with van der Waals surface area (Å²) < 4.78 is 0. The molecule has 0 aliphatic carbocycles. The van der Waals surface area contributed by atoms with Gasteiger partial charge in [0.05, 0.1) is 0 Å². The van der Waals surface area contributed by atoms with Gasteiger partial charge in [0.1, 0.15) is 0 Å². The van der Waals surface area contributed by atoms with Gasteiger partial charge in [0.2, 0.25) is 0 Å². The Morgan fingerprint density at radius 3 is 2.45 bits per heavy atom. The van der Waals surface area contributed by atoms with Gasteiger partial charge >= 0.3 is 0 Å². The summed E-state index contributed by atoms with van der Waals surface area (Å²) in [5, 5.41) is 0. The molecule has 0 aromatic rings. The van der Waals surface area contributed by atoms with Crippen LogP contribution in [0.3, 0.4) is 0 Å². The van der Waals surface area contributed by atoms with Crippen molar-refractivity contribution in [1.29, 1.82) is 0 Å². The van der Waals surface area contributed by atoms with Gasteiger partial charge in [-0.2, -0.15) is 0 Å². The van der Waals surface area contributed by atoms with Gasteiger partial charge in [-0.05, 0) is 18.3 Å². The molecule has 2 heteroatoms. The van der Waals surface area contributed by atoms with Crippen molar-refractivity contribution in [1.82, 2.24) is 0 Å². The molecule has 64 valence electrons. The average Bonchev–Trinajstić information content (AvgIpc) is 1.97. The fourth-order valence-electron chi connectivity index (χ4n) is 0.959. The van der Waals surface area contributed by atoms with Crippen molar-refractivity contribution in [3.8, 4) is 0 Å². The summed E-state index contributed by atoms with van der Waals surface area (Å²) in [6.45, 7) is 6.57. The fourth-order valence-corrected chi connectivity index (χ4v) is 0.959. The van der Waals surface area contributed by atoms with Crippen molar-refractivity contribution in [2.45, 2.75) is 27.2 Å². The molecule has 2 nitrogen and oxygen atoms in total. The maximum absolute atomic E-state index is 5.14. The number of nitrogens with two attached hydrogens (primary N) is 1. The molecular formula is C9H18N2. The molecule has 0 radical (unpaired) electrons. The lowest BCUT2D eigenvalue weighted by molar-refractivity contribution is 0.489. The molecule has 0 aromatic heterocycles. The molecule has 11 heavy (non-hydrogen) atoms. The SMILES string of the molecule is CCC(C=N/C=C\N)C(C)C. The Labute approximate surface area is 69.2 Å². The van der Waals surface area contributed by atoms with Crippen LogP contribution in [0.1, 0.15) is 27.2 Å². The molecule has 0 bridgehead atoms. The third-order valence-electron chi connectivity index (χ3n) is 1.78. The summed E-state index contributed by atoms with van der Waals surface area (Å²) in [6, 6.07) is 0. The van der Waals surface area contributed by atoms with Gasteiger partial charge < -0.3 is 5.73 Å². The number of rotatable bonds is 4. The van der Waals surface area contributed by atoms with Crippen LogP contribution in [-0.4, -0.2) is 6.21 Å². The Kier molecular flexibility index (Phi) is 5.53. The molecular weight excluding hydrogens is 136 g/mol. The molecule has 0 heterocycles. The molecule has 1 unspecified atom stereocenters. The van der Waals surface area contributed by atoms with Crippen LogP contribution in [-0.2, 0) is 0 Å². The highest BCUT2D eigenvalue weighted by atomic mass is 14.7. The Bertz CT molecular complexity index is 136. The Morgan fingerprint density at radius 2 is 2.09 bits per heavy atom. The summed E-state index contributed by atoms with van der Waals surface area (Å²) >= 11 is 0. The van der Waals surface area contributed by atoms with Crippen LogP contribution in [0.5, 0.6) is 0 Å². The van der Waals surface area contributed by atoms with E-state index in [1.807, 2.05) is 6.21 Å². The van der Waals surface area contributed by atoms with Crippen LogP contribution in [0.25, 0.3) is 0 Å². The zero-order valence-electron chi connectivity index (χ0n) is 7.62. The van der Waals surface area contributed by atoms with E-state index in [2.05, 4.69) is 25.8 Å². The van der Waals surface area contributed by atoms with Crippen LogP contribution < -0.4 is 5.73 Å². The molecule has 2 N–H and O–H groups in total. The van der Waals surface area contributed by atoms with E-state index >= 15 is 0 Å². The molecule has 0 rings (SSSR count). The van der Waals surface area contributed by atoms with Gasteiger partial charge in [-0.15, -0.1) is 0 Å². The minimum absolute atomic E-state index is 0.575. The van der Waals surface area contributed by atoms with Crippen LogP contribution in [0.2, 0.25) is 0 Å². The second-order valence-electron chi connectivity index (χ2n) is 2.96. The van der Waals surface area contributed by atoms with Crippen molar-refractivity contribution < 1.29 is 0 Å². The van der Waals surface area contributed by atoms with Crippen molar-refractivity contribution in [3.63, 3.8) is 0 Å². The summed E-state index contributed by atoms with van der Waals surface area (Å²) in [5.74, 6) is 1.24. The second-order valence-corrected chi connectivity index (χ2v) is 2.96. The lowest BCUT2D eigenvalue weighted by Crippen LogP contribution is -2.08. The quantitative estimate of drug-likeness (QED) is 0.619. The topological polar surface area (TPSA) is 38.4 Å². The highest BCUT2D eigenvalue weighted by Gasteiger charge is 2.06. The smallest absolute Gasteiger partial charge is 0.0418 e. The minimum atomic E-state index is 0.575. The summed E-state index contributed by atoms with van der Waals surface area (Å²) in [6.07, 6.45) is 6.17. The first-order chi connectivity index (χ1) is 5.22. The lowest BCUT2D eigenvalue weighted by Gasteiger charge is -2.12. The molecule has 0 amide bonds. The van der Waals surface area contributed by atoms with Crippen molar-refractivity contribution >= 4 is 6.21 Å². The highest BCUT2D eigenvalue weighted by molar-refractivity contribution is 5.61. The Hall–Kier alpha value is -0.790. The maximum Gasteiger partial charge on any atom is 0.0418 e. The molecule has 0 aliphatic heterocycles. The standard InChI is InChI=1S/C9H18N2/c1-4-9(8(2)3)7-11-6-5-10/h5-9H,4,10H2,1-3H3/b6-5-,11-7?.